The second-order valence-electron chi connectivity index (χ2n) is 4.71. The maximum Gasteiger partial charge on any atom is 0.416 e. The molecule has 1 aromatic rings. The number of carbonyl (C=O) groups excluding carboxylic acids is 1. The Kier molecular flexibility index (Phi) is 6.48. The first-order valence-electron chi connectivity index (χ1n) is 6.65. The van der Waals surface area contributed by atoms with E-state index in [1.807, 2.05) is 0 Å². The molecule has 0 radical (unpaired) electrons. The van der Waals surface area contributed by atoms with Gasteiger partial charge in [-0.3, -0.25) is 0 Å². The lowest BCUT2D eigenvalue weighted by molar-refractivity contribution is -0.137. The van der Waals surface area contributed by atoms with E-state index in [-0.39, 0.29) is 12.6 Å². The van der Waals surface area contributed by atoms with Crippen LogP contribution in [-0.4, -0.2) is 36.2 Å². The van der Waals surface area contributed by atoms with Gasteiger partial charge in [0.15, 0.2) is 0 Å². The summed E-state index contributed by atoms with van der Waals surface area (Å²) in [6.07, 6.45) is -2.12. The van der Waals surface area contributed by atoms with E-state index < -0.39 is 11.7 Å². The van der Waals surface area contributed by atoms with E-state index >= 15 is 0 Å². The molecule has 0 saturated heterocycles. The van der Waals surface area contributed by atoms with Crippen LogP contribution in [0.5, 0.6) is 0 Å². The van der Waals surface area contributed by atoms with Gasteiger partial charge in [0.2, 0.25) is 0 Å². The average Bonchev–Trinajstić information content (AvgIpc) is 2.43. The molecule has 0 aliphatic rings. The van der Waals surface area contributed by atoms with E-state index in [1.165, 1.54) is 17.0 Å². The van der Waals surface area contributed by atoms with Crippen molar-refractivity contribution in [2.24, 2.45) is 0 Å². The third kappa shape index (κ3) is 6.03. The standard InChI is InChI=1S/C14H19F3N2O2/c1-19(9-3-2-4-10-20)13(21)18-12-7-5-11(6-8-12)14(15,16)17/h5-8,20H,2-4,9-10H2,1H3,(H,18,21). The summed E-state index contributed by atoms with van der Waals surface area (Å²) in [5.41, 5.74) is -0.437. The highest BCUT2D eigenvalue weighted by atomic mass is 19.4. The van der Waals surface area contributed by atoms with E-state index in [0.717, 1.165) is 25.0 Å². The number of hydrogen-bond donors (Lipinski definition) is 2. The number of carbonyl (C=O) groups is 1. The van der Waals surface area contributed by atoms with Crippen LogP contribution >= 0.6 is 0 Å². The van der Waals surface area contributed by atoms with Gasteiger partial charge in [0, 0.05) is 25.9 Å². The fraction of sp³-hybridized carbons (Fsp3) is 0.500. The average molecular weight is 304 g/mol. The molecule has 0 bridgehead atoms. The predicted octanol–water partition coefficient (Wildman–Crippen LogP) is 3.33. The first kappa shape index (κ1) is 17.3. The summed E-state index contributed by atoms with van der Waals surface area (Å²) in [5.74, 6) is 0. The highest BCUT2D eigenvalue weighted by Gasteiger charge is 2.30. The second kappa shape index (κ2) is 7.87. The van der Waals surface area contributed by atoms with E-state index in [0.29, 0.717) is 18.7 Å². The Hall–Kier alpha value is -1.76. The van der Waals surface area contributed by atoms with Crippen molar-refractivity contribution < 1.29 is 23.1 Å². The summed E-state index contributed by atoms with van der Waals surface area (Å²) in [7, 11) is 1.61. The predicted molar refractivity (Wildman–Crippen MR) is 74.0 cm³/mol. The number of aliphatic hydroxyl groups is 1. The van der Waals surface area contributed by atoms with E-state index in [9.17, 15) is 18.0 Å². The lowest BCUT2D eigenvalue weighted by Crippen LogP contribution is -2.32. The summed E-state index contributed by atoms with van der Waals surface area (Å²) in [4.78, 5) is 13.3. The number of rotatable bonds is 6. The number of amides is 2. The maximum absolute atomic E-state index is 12.4. The summed E-state index contributed by atoms with van der Waals surface area (Å²) in [5, 5.41) is 11.2. The molecule has 118 valence electrons. The van der Waals surface area contributed by atoms with Crippen LogP contribution in [0.15, 0.2) is 24.3 Å². The van der Waals surface area contributed by atoms with Crippen LogP contribution in [0.3, 0.4) is 0 Å². The molecule has 0 unspecified atom stereocenters. The Morgan fingerprint density at radius 2 is 1.81 bits per heavy atom. The minimum Gasteiger partial charge on any atom is -0.396 e. The van der Waals surface area contributed by atoms with Crippen LogP contribution in [-0.2, 0) is 6.18 Å². The zero-order chi connectivity index (χ0) is 15.9. The molecule has 0 aliphatic heterocycles. The molecular weight excluding hydrogens is 285 g/mol. The van der Waals surface area contributed by atoms with Gasteiger partial charge in [-0.2, -0.15) is 13.2 Å². The molecule has 0 saturated carbocycles. The fourth-order valence-corrected chi connectivity index (χ4v) is 1.70. The molecule has 0 spiro atoms. The van der Waals surface area contributed by atoms with Crippen LogP contribution in [0.1, 0.15) is 24.8 Å². The van der Waals surface area contributed by atoms with E-state index in [2.05, 4.69) is 5.32 Å². The van der Waals surface area contributed by atoms with Crippen molar-refractivity contribution in [1.29, 1.82) is 0 Å². The Labute approximate surface area is 121 Å². The molecule has 2 amide bonds. The second-order valence-corrected chi connectivity index (χ2v) is 4.71. The summed E-state index contributed by atoms with van der Waals surface area (Å²) < 4.78 is 37.2. The van der Waals surface area contributed by atoms with Crippen molar-refractivity contribution in [3.05, 3.63) is 29.8 Å². The molecule has 2 N–H and O–H groups in total. The normalized spacial score (nSPS) is 11.3. The largest absolute Gasteiger partial charge is 0.416 e. The zero-order valence-corrected chi connectivity index (χ0v) is 11.8. The minimum atomic E-state index is -4.38. The highest BCUT2D eigenvalue weighted by molar-refractivity contribution is 5.89. The highest BCUT2D eigenvalue weighted by Crippen LogP contribution is 2.29. The molecule has 0 atom stereocenters. The van der Waals surface area contributed by atoms with Gasteiger partial charge in [-0.25, -0.2) is 4.79 Å². The number of halogens is 3. The van der Waals surface area contributed by atoms with Crippen LogP contribution < -0.4 is 5.32 Å². The third-order valence-electron chi connectivity index (χ3n) is 2.96. The van der Waals surface area contributed by atoms with Gasteiger partial charge in [-0.15, -0.1) is 0 Å². The number of aliphatic hydroxyl groups excluding tert-OH is 1. The topological polar surface area (TPSA) is 52.6 Å². The number of urea groups is 1. The summed E-state index contributed by atoms with van der Waals surface area (Å²) in [6, 6.07) is 3.92. The first-order chi connectivity index (χ1) is 9.84. The van der Waals surface area contributed by atoms with Crippen LogP contribution in [0.2, 0.25) is 0 Å². The summed E-state index contributed by atoms with van der Waals surface area (Å²) in [6.45, 7) is 0.647. The minimum absolute atomic E-state index is 0.126. The lowest BCUT2D eigenvalue weighted by Gasteiger charge is -2.18. The number of benzene rings is 1. The van der Waals surface area contributed by atoms with Crippen molar-refractivity contribution in [3.8, 4) is 0 Å². The van der Waals surface area contributed by atoms with Gasteiger partial charge in [0.25, 0.3) is 0 Å². The summed E-state index contributed by atoms with van der Waals surface area (Å²) >= 11 is 0. The van der Waals surface area contributed by atoms with Crippen molar-refractivity contribution in [1.82, 2.24) is 4.90 Å². The first-order valence-corrected chi connectivity index (χ1v) is 6.65. The van der Waals surface area contributed by atoms with Gasteiger partial charge >= 0.3 is 12.2 Å². The SMILES string of the molecule is CN(CCCCCO)C(=O)Nc1ccc(C(F)(F)F)cc1. The Morgan fingerprint density at radius 3 is 2.33 bits per heavy atom. The van der Waals surface area contributed by atoms with Gasteiger partial charge in [-0.1, -0.05) is 0 Å². The number of nitrogens with one attached hydrogen (secondary N) is 1. The molecule has 7 heteroatoms. The number of nitrogens with zero attached hydrogens (tertiary/aromatic N) is 1. The molecule has 0 aromatic heterocycles. The Bertz CT molecular complexity index is 447. The Morgan fingerprint density at radius 1 is 1.19 bits per heavy atom. The van der Waals surface area contributed by atoms with Crippen LogP contribution in [0.25, 0.3) is 0 Å². The molecule has 1 rings (SSSR count). The number of anilines is 1. The number of unbranched alkanes of at least 4 members (excludes halogenated alkanes) is 2. The van der Waals surface area contributed by atoms with E-state index in [4.69, 9.17) is 5.11 Å². The Balaban J connectivity index is 2.47. The smallest absolute Gasteiger partial charge is 0.396 e. The number of alkyl halides is 3. The van der Waals surface area contributed by atoms with Gasteiger partial charge in [0.05, 0.1) is 5.56 Å². The molecule has 0 fully saturated rings. The molecule has 1 aromatic carbocycles. The van der Waals surface area contributed by atoms with E-state index in [1.54, 1.807) is 7.05 Å². The van der Waals surface area contributed by atoms with Crippen molar-refractivity contribution in [3.63, 3.8) is 0 Å². The maximum atomic E-state index is 12.4. The molecular formula is C14H19F3N2O2. The quantitative estimate of drug-likeness (QED) is 0.792. The van der Waals surface area contributed by atoms with Crippen molar-refractivity contribution >= 4 is 11.7 Å². The molecule has 0 aliphatic carbocycles. The molecule has 4 nitrogen and oxygen atoms in total. The molecule has 0 heterocycles. The van der Waals surface area contributed by atoms with Crippen LogP contribution in [0, 0.1) is 0 Å². The van der Waals surface area contributed by atoms with Gasteiger partial charge < -0.3 is 15.3 Å². The fourth-order valence-electron chi connectivity index (χ4n) is 1.70. The van der Waals surface area contributed by atoms with Crippen molar-refractivity contribution in [2.75, 3.05) is 25.5 Å². The monoisotopic (exact) mass is 304 g/mol. The zero-order valence-electron chi connectivity index (χ0n) is 11.8. The number of hydrogen-bond acceptors (Lipinski definition) is 2. The van der Waals surface area contributed by atoms with Crippen LogP contribution in [0.4, 0.5) is 23.7 Å². The third-order valence-corrected chi connectivity index (χ3v) is 2.96. The van der Waals surface area contributed by atoms with Gasteiger partial charge in [0.1, 0.15) is 0 Å². The molecule has 21 heavy (non-hydrogen) atoms. The lowest BCUT2D eigenvalue weighted by atomic mass is 10.2. The van der Waals surface area contributed by atoms with Crippen molar-refractivity contribution in [2.45, 2.75) is 25.4 Å². The van der Waals surface area contributed by atoms with Gasteiger partial charge in [-0.05, 0) is 43.5 Å².